The lowest BCUT2D eigenvalue weighted by molar-refractivity contribution is 0.369. The van der Waals surface area contributed by atoms with Gasteiger partial charge in [0.25, 0.3) is 0 Å². The van der Waals surface area contributed by atoms with Gasteiger partial charge in [-0.05, 0) is 35.4 Å². The molecular weight excluding hydrogens is 685 g/mol. The maximum atomic E-state index is 15.1. The zero-order valence-electron chi connectivity index (χ0n) is 21.8. The highest BCUT2D eigenvalue weighted by Gasteiger charge is 2.43. The lowest BCUT2D eigenvalue weighted by Gasteiger charge is -2.23. The number of benzene rings is 4. The minimum atomic E-state index is -5.81. The third-order valence-electron chi connectivity index (χ3n) is 6.43. The minimum absolute atomic E-state index is 0.0629. The van der Waals surface area contributed by atoms with Gasteiger partial charge in [0.15, 0.2) is 56.4 Å². The molecule has 0 amide bonds. The lowest BCUT2D eigenvalue weighted by Crippen LogP contribution is -2.25. The molecule has 2 unspecified atom stereocenters. The molecule has 0 saturated carbocycles. The summed E-state index contributed by atoms with van der Waals surface area (Å²) in [5, 5.41) is -5.55. The summed E-state index contributed by atoms with van der Waals surface area (Å²) in [6, 6.07) is 10.2. The first-order valence-electron chi connectivity index (χ1n) is 12.2. The Hall–Kier alpha value is -3.81. The fourth-order valence-corrected chi connectivity index (χ4v) is 6.42. The molecule has 0 aliphatic rings. The Balaban J connectivity index is 2.07. The topological polar surface area (TPSA) is 34.1 Å². The summed E-state index contributed by atoms with van der Waals surface area (Å²) < 4.78 is 173. The van der Waals surface area contributed by atoms with E-state index < -0.39 is 89.6 Å². The molecule has 0 aliphatic carbocycles. The van der Waals surface area contributed by atoms with E-state index in [0.717, 1.165) is 12.2 Å². The van der Waals surface area contributed by atoms with E-state index in [-0.39, 0.29) is 21.2 Å². The molecule has 2 nitrogen and oxygen atoms in total. The Kier molecular flexibility index (Phi) is 10.1. The van der Waals surface area contributed by atoms with E-state index in [1.54, 1.807) is 0 Å². The van der Waals surface area contributed by atoms with Crippen molar-refractivity contribution in [1.29, 1.82) is 0 Å². The zero-order chi connectivity index (χ0) is 33.4. The van der Waals surface area contributed by atoms with Gasteiger partial charge < -0.3 is 0 Å². The monoisotopic (exact) mass is 698 g/mol. The van der Waals surface area contributed by atoms with Gasteiger partial charge in [0.05, 0.1) is 11.1 Å². The average Bonchev–Trinajstić information content (AvgIpc) is 3.01. The first-order chi connectivity index (χ1) is 21.1. The molecule has 0 aliphatic heterocycles. The van der Waals surface area contributed by atoms with Gasteiger partial charge in [-0.15, -0.1) is 0 Å². The molecule has 236 valence electrons. The van der Waals surface area contributed by atoms with Crippen molar-refractivity contribution in [2.24, 2.45) is 0 Å². The highest BCUT2D eigenvalue weighted by molar-refractivity contribution is 7.92. The van der Waals surface area contributed by atoms with Crippen LogP contribution in [0.4, 0.5) is 43.9 Å². The molecule has 0 bridgehead atoms. The van der Waals surface area contributed by atoms with Crippen LogP contribution in [0.5, 0.6) is 0 Å². The molecule has 0 N–H and O–H groups in total. The van der Waals surface area contributed by atoms with Crippen LogP contribution in [0.15, 0.2) is 60.7 Å². The van der Waals surface area contributed by atoms with Crippen LogP contribution in [0, 0.1) is 58.2 Å². The van der Waals surface area contributed by atoms with E-state index in [1.165, 1.54) is 48.5 Å². The van der Waals surface area contributed by atoms with Gasteiger partial charge in [0, 0.05) is 10.0 Å². The quantitative estimate of drug-likeness (QED) is 0.104. The summed E-state index contributed by atoms with van der Waals surface area (Å²) in [4.78, 5) is 0. The van der Waals surface area contributed by atoms with Crippen molar-refractivity contribution in [1.82, 2.24) is 0 Å². The van der Waals surface area contributed by atoms with Crippen molar-refractivity contribution < 1.29 is 52.3 Å². The van der Waals surface area contributed by atoms with E-state index in [2.05, 4.69) is 0 Å². The Bertz CT molecular complexity index is 1750. The third-order valence-corrected chi connectivity index (χ3v) is 9.14. The van der Waals surface area contributed by atoms with E-state index in [0.29, 0.717) is 12.2 Å². The molecule has 15 heteroatoms. The maximum Gasteiger partial charge on any atom is 0.200 e. The van der Waals surface area contributed by atoms with Crippen LogP contribution in [-0.4, -0.2) is 8.42 Å². The van der Waals surface area contributed by atoms with Crippen molar-refractivity contribution in [3.05, 3.63) is 151 Å². The van der Waals surface area contributed by atoms with E-state index in [4.69, 9.17) is 23.2 Å². The van der Waals surface area contributed by atoms with Gasteiger partial charge >= 0.3 is 0 Å². The number of rotatable bonds is 8. The van der Waals surface area contributed by atoms with Gasteiger partial charge in [-0.1, -0.05) is 71.8 Å². The summed E-state index contributed by atoms with van der Waals surface area (Å²) in [6.07, 6.45) is 2.53. The molecule has 0 radical (unpaired) electrons. The Morgan fingerprint density at radius 3 is 0.956 bits per heavy atom. The van der Waals surface area contributed by atoms with Crippen molar-refractivity contribution in [2.45, 2.75) is 10.5 Å². The van der Waals surface area contributed by atoms with Crippen LogP contribution in [0.2, 0.25) is 10.0 Å². The van der Waals surface area contributed by atoms with Crippen molar-refractivity contribution in [3.63, 3.8) is 0 Å². The maximum absolute atomic E-state index is 15.1. The lowest BCUT2D eigenvalue weighted by atomic mass is 10.1. The molecule has 45 heavy (non-hydrogen) atoms. The normalized spacial score (nSPS) is 13.6. The molecule has 0 spiro atoms. The highest BCUT2D eigenvalue weighted by atomic mass is 35.5. The predicted octanol–water partition coefficient (Wildman–Crippen LogP) is 10.0. The van der Waals surface area contributed by atoms with Crippen LogP contribution in [0.3, 0.4) is 0 Å². The van der Waals surface area contributed by atoms with Crippen molar-refractivity contribution in [2.75, 3.05) is 0 Å². The van der Waals surface area contributed by atoms with Gasteiger partial charge in [0.2, 0.25) is 11.6 Å². The van der Waals surface area contributed by atoms with Gasteiger partial charge in [-0.3, -0.25) is 0 Å². The average molecular weight is 699 g/mol. The standard InChI is InChI=1S/C30H14Cl2F10O2S/c31-15-7-1-13(2-8-15)5-11-17(19-21(33)25(37)29(41)26(38)22(19)34)45(43,44)18(12-6-14-3-9-16(32)10-4-14)20-23(35)27(39)30(42)28(40)24(20)36/h1-12,17-18H/b11-5+,12-6+. The minimum Gasteiger partial charge on any atom is -0.227 e. The molecule has 4 rings (SSSR count). The zero-order valence-corrected chi connectivity index (χ0v) is 24.2. The highest BCUT2D eigenvalue weighted by Crippen LogP contribution is 2.43. The predicted molar refractivity (Wildman–Crippen MR) is 148 cm³/mol. The summed E-state index contributed by atoms with van der Waals surface area (Å²) >= 11 is 11.6. The summed E-state index contributed by atoms with van der Waals surface area (Å²) in [6.45, 7) is 0. The van der Waals surface area contributed by atoms with E-state index in [9.17, 15) is 34.8 Å². The molecule has 2 atom stereocenters. The van der Waals surface area contributed by atoms with Crippen LogP contribution < -0.4 is 0 Å². The van der Waals surface area contributed by atoms with Crippen molar-refractivity contribution in [3.8, 4) is 0 Å². The molecule has 0 fully saturated rings. The van der Waals surface area contributed by atoms with Gasteiger partial charge in [0.1, 0.15) is 10.5 Å². The summed E-state index contributed by atoms with van der Waals surface area (Å²) in [5.74, 6) is -26.0. The van der Waals surface area contributed by atoms with Gasteiger partial charge in [-0.25, -0.2) is 52.3 Å². The third kappa shape index (κ3) is 6.61. The SMILES string of the molecule is O=S(=O)(C(/C=C/c1ccc(Cl)cc1)c1c(F)c(F)c(F)c(F)c1F)C(/C=C/c1ccc(Cl)cc1)c1c(F)c(F)c(F)c(F)c1F. The largest absolute Gasteiger partial charge is 0.227 e. The number of hydrogen-bond donors (Lipinski definition) is 0. The van der Waals surface area contributed by atoms with Crippen LogP contribution in [0.1, 0.15) is 32.8 Å². The van der Waals surface area contributed by atoms with E-state index in [1.807, 2.05) is 0 Å². The first kappa shape index (κ1) is 34.1. The number of sulfone groups is 1. The van der Waals surface area contributed by atoms with E-state index >= 15 is 17.6 Å². The molecule has 4 aromatic rings. The smallest absolute Gasteiger partial charge is 0.200 e. The molecule has 4 aromatic carbocycles. The summed E-state index contributed by atoms with van der Waals surface area (Å²) in [7, 11) is -5.81. The van der Waals surface area contributed by atoms with Crippen LogP contribution in [0.25, 0.3) is 12.2 Å². The second-order valence-electron chi connectivity index (χ2n) is 9.22. The van der Waals surface area contributed by atoms with Crippen LogP contribution >= 0.6 is 23.2 Å². The molecule has 0 saturated heterocycles. The molecule has 0 heterocycles. The first-order valence-corrected chi connectivity index (χ1v) is 14.6. The molecule has 0 aromatic heterocycles. The Morgan fingerprint density at radius 1 is 0.444 bits per heavy atom. The fraction of sp³-hybridized carbons (Fsp3) is 0.0667. The van der Waals surface area contributed by atoms with Gasteiger partial charge in [-0.2, -0.15) is 0 Å². The van der Waals surface area contributed by atoms with Crippen LogP contribution in [-0.2, 0) is 9.84 Å². The Labute approximate surface area is 258 Å². The molecular formula is C30H14Cl2F10O2S. The number of hydrogen-bond acceptors (Lipinski definition) is 2. The van der Waals surface area contributed by atoms with Crippen molar-refractivity contribution >= 4 is 45.2 Å². The number of halogens is 12. The second kappa shape index (κ2) is 13.3. The Morgan fingerprint density at radius 2 is 0.689 bits per heavy atom. The fourth-order valence-electron chi connectivity index (χ4n) is 4.19. The summed E-state index contributed by atoms with van der Waals surface area (Å²) in [5.41, 5.74) is -3.84. The second-order valence-corrected chi connectivity index (χ2v) is 12.3.